The van der Waals surface area contributed by atoms with E-state index in [0.717, 1.165) is 0 Å². The molecule has 100 valence electrons. The van der Waals surface area contributed by atoms with E-state index in [2.05, 4.69) is 21.2 Å². The number of hydrogen-bond acceptors (Lipinski definition) is 1. The van der Waals surface area contributed by atoms with Crippen LogP contribution in [0.2, 0.25) is 5.02 Å². The van der Waals surface area contributed by atoms with Crippen LogP contribution in [0.4, 0.5) is 8.78 Å². The molecule has 0 amide bonds. The summed E-state index contributed by atoms with van der Waals surface area (Å²) in [4.78, 5) is 0. The predicted molar refractivity (Wildman–Crippen MR) is 76.4 cm³/mol. The fourth-order valence-corrected chi connectivity index (χ4v) is 2.64. The highest BCUT2D eigenvalue weighted by Crippen LogP contribution is 2.32. The zero-order valence-corrected chi connectivity index (χ0v) is 12.4. The maximum Gasteiger partial charge on any atom is 0.132 e. The molecule has 1 atom stereocenters. The molecule has 2 aromatic rings. The third-order valence-corrected chi connectivity index (χ3v) is 3.64. The molecule has 0 heterocycles. The van der Waals surface area contributed by atoms with Gasteiger partial charge >= 0.3 is 0 Å². The highest BCUT2D eigenvalue weighted by atomic mass is 79.9. The molecule has 0 aliphatic rings. The van der Waals surface area contributed by atoms with Crippen LogP contribution in [-0.2, 0) is 0 Å². The van der Waals surface area contributed by atoms with Gasteiger partial charge in [-0.1, -0.05) is 45.7 Å². The first kappa shape index (κ1) is 14.4. The van der Waals surface area contributed by atoms with Crippen molar-refractivity contribution in [3.05, 3.63) is 68.7 Å². The molecule has 0 aromatic heterocycles. The standard InChI is InChI=1S/C14H11BrClF2N/c1-19-14(9-4-2-3-5-10(9)16)13-11(17)6-8(15)7-12(13)18/h2-7,14,19H,1H3. The van der Waals surface area contributed by atoms with Gasteiger partial charge in [-0.15, -0.1) is 0 Å². The Morgan fingerprint density at radius 1 is 1.16 bits per heavy atom. The molecule has 0 bridgehead atoms. The van der Waals surface area contributed by atoms with Gasteiger partial charge in [-0.2, -0.15) is 0 Å². The number of hydrogen-bond donors (Lipinski definition) is 1. The summed E-state index contributed by atoms with van der Waals surface area (Å²) < 4.78 is 28.4. The molecule has 0 aliphatic heterocycles. The summed E-state index contributed by atoms with van der Waals surface area (Å²) in [5, 5.41) is 3.36. The molecule has 1 nitrogen and oxygen atoms in total. The van der Waals surface area contributed by atoms with Gasteiger partial charge in [0.1, 0.15) is 11.6 Å². The summed E-state index contributed by atoms with van der Waals surface area (Å²) in [7, 11) is 1.63. The van der Waals surface area contributed by atoms with Crippen molar-refractivity contribution in [2.45, 2.75) is 6.04 Å². The highest BCUT2D eigenvalue weighted by molar-refractivity contribution is 9.10. The molecule has 2 aromatic carbocycles. The lowest BCUT2D eigenvalue weighted by molar-refractivity contribution is 0.521. The molecule has 1 N–H and O–H groups in total. The van der Waals surface area contributed by atoms with Gasteiger partial charge in [-0.25, -0.2) is 8.78 Å². The van der Waals surface area contributed by atoms with Gasteiger partial charge in [-0.05, 0) is 30.8 Å². The van der Waals surface area contributed by atoms with Crippen LogP contribution in [0, 0.1) is 11.6 Å². The van der Waals surface area contributed by atoms with Crippen molar-refractivity contribution in [3.8, 4) is 0 Å². The molecule has 0 fully saturated rings. The summed E-state index contributed by atoms with van der Waals surface area (Å²) in [6.45, 7) is 0. The maximum atomic E-state index is 14.0. The van der Waals surface area contributed by atoms with Crippen LogP contribution >= 0.6 is 27.5 Å². The summed E-state index contributed by atoms with van der Waals surface area (Å²) >= 11 is 9.15. The molecule has 19 heavy (non-hydrogen) atoms. The smallest absolute Gasteiger partial charge is 0.132 e. The van der Waals surface area contributed by atoms with Crippen LogP contribution in [0.25, 0.3) is 0 Å². The molecule has 0 saturated heterocycles. The Morgan fingerprint density at radius 2 is 1.74 bits per heavy atom. The van der Waals surface area contributed by atoms with E-state index in [9.17, 15) is 8.78 Å². The Kier molecular flexibility index (Phi) is 4.55. The van der Waals surface area contributed by atoms with Crippen molar-refractivity contribution in [2.24, 2.45) is 0 Å². The molecule has 5 heteroatoms. The van der Waals surface area contributed by atoms with E-state index >= 15 is 0 Å². The fourth-order valence-electron chi connectivity index (χ4n) is 1.99. The normalized spacial score (nSPS) is 12.5. The maximum absolute atomic E-state index is 14.0. The van der Waals surface area contributed by atoms with E-state index < -0.39 is 17.7 Å². The summed E-state index contributed by atoms with van der Waals surface area (Å²) in [6, 6.07) is 8.81. The molecule has 2 rings (SSSR count). The number of halogens is 4. The van der Waals surface area contributed by atoms with Crippen LogP contribution in [0.5, 0.6) is 0 Å². The van der Waals surface area contributed by atoms with Gasteiger partial charge in [0.2, 0.25) is 0 Å². The highest BCUT2D eigenvalue weighted by Gasteiger charge is 2.22. The lowest BCUT2D eigenvalue weighted by atomic mass is 9.98. The Bertz CT molecular complexity index is 581. The first-order valence-corrected chi connectivity index (χ1v) is 6.77. The molecule has 1 unspecified atom stereocenters. The fraction of sp³-hybridized carbons (Fsp3) is 0.143. The summed E-state index contributed by atoms with van der Waals surface area (Å²) in [5.41, 5.74) is 0.589. The predicted octanol–water partition coefficient (Wildman–Crippen LogP) is 4.69. The van der Waals surface area contributed by atoms with Gasteiger partial charge in [0, 0.05) is 15.1 Å². The van der Waals surface area contributed by atoms with E-state index in [-0.39, 0.29) is 5.56 Å². The monoisotopic (exact) mass is 345 g/mol. The third kappa shape index (κ3) is 2.96. The second-order valence-electron chi connectivity index (χ2n) is 4.03. The molecular formula is C14H11BrClF2N. The Labute approximate surface area is 123 Å². The van der Waals surface area contributed by atoms with Crippen LogP contribution in [0.3, 0.4) is 0 Å². The topological polar surface area (TPSA) is 12.0 Å². The van der Waals surface area contributed by atoms with Crippen molar-refractivity contribution in [1.82, 2.24) is 5.32 Å². The summed E-state index contributed by atoms with van der Waals surface area (Å²) in [6.07, 6.45) is 0. The Hall–Kier alpha value is -0.970. The zero-order chi connectivity index (χ0) is 14.0. The average Bonchev–Trinajstić information content (AvgIpc) is 2.34. The summed E-state index contributed by atoms with van der Waals surface area (Å²) in [5.74, 6) is -1.24. The molecule has 0 saturated carbocycles. The Morgan fingerprint density at radius 3 is 2.26 bits per heavy atom. The minimum absolute atomic E-state index is 0.0428. The first-order valence-electron chi connectivity index (χ1n) is 5.60. The van der Waals surface area contributed by atoms with Gasteiger partial charge < -0.3 is 5.32 Å². The lowest BCUT2D eigenvalue weighted by Gasteiger charge is -2.20. The van der Waals surface area contributed by atoms with E-state index in [0.29, 0.717) is 15.1 Å². The number of rotatable bonds is 3. The quantitative estimate of drug-likeness (QED) is 0.850. The second-order valence-corrected chi connectivity index (χ2v) is 5.35. The average molecular weight is 347 g/mol. The Balaban J connectivity index is 2.58. The van der Waals surface area contributed by atoms with Gasteiger partial charge in [0.25, 0.3) is 0 Å². The molecular weight excluding hydrogens is 336 g/mol. The lowest BCUT2D eigenvalue weighted by Crippen LogP contribution is -2.20. The first-order chi connectivity index (χ1) is 9.04. The molecule has 0 spiro atoms. The van der Waals surface area contributed by atoms with Crippen LogP contribution < -0.4 is 5.32 Å². The van der Waals surface area contributed by atoms with Crippen LogP contribution in [0.1, 0.15) is 17.2 Å². The van der Waals surface area contributed by atoms with Gasteiger partial charge in [0.15, 0.2) is 0 Å². The van der Waals surface area contributed by atoms with E-state index in [1.165, 1.54) is 12.1 Å². The third-order valence-electron chi connectivity index (χ3n) is 2.84. The zero-order valence-electron chi connectivity index (χ0n) is 10.1. The van der Waals surface area contributed by atoms with Gasteiger partial charge in [-0.3, -0.25) is 0 Å². The van der Waals surface area contributed by atoms with Crippen molar-refractivity contribution in [3.63, 3.8) is 0 Å². The van der Waals surface area contributed by atoms with E-state index in [1.54, 1.807) is 31.3 Å². The van der Waals surface area contributed by atoms with Crippen molar-refractivity contribution in [1.29, 1.82) is 0 Å². The number of nitrogens with one attached hydrogen (secondary N) is 1. The van der Waals surface area contributed by atoms with Gasteiger partial charge in [0.05, 0.1) is 6.04 Å². The van der Waals surface area contributed by atoms with E-state index in [1.807, 2.05) is 0 Å². The van der Waals surface area contributed by atoms with Crippen molar-refractivity contribution >= 4 is 27.5 Å². The van der Waals surface area contributed by atoms with E-state index in [4.69, 9.17) is 11.6 Å². The minimum atomic E-state index is -0.637. The van der Waals surface area contributed by atoms with Crippen LogP contribution in [-0.4, -0.2) is 7.05 Å². The van der Waals surface area contributed by atoms with Crippen LogP contribution in [0.15, 0.2) is 40.9 Å². The van der Waals surface area contributed by atoms with Crippen molar-refractivity contribution in [2.75, 3.05) is 7.05 Å². The van der Waals surface area contributed by atoms with Crippen molar-refractivity contribution < 1.29 is 8.78 Å². The number of benzene rings is 2. The molecule has 0 radical (unpaired) electrons. The minimum Gasteiger partial charge on any atom is -0.309 e. The molecule has 0 aliphatic carbocycles. The second kappa shape index (κ2) is 5.99. The SMILES string of the molecule is CNC(c1ccccc1Cl)c1c(F)cc(Br)cc1F. The largest absolute Gasteiger partial charge is 0.309 e.